The summed E-state index contributed by atoms with van der Waals surface area (Å²) in [5.41, 5.74) is 5.99. The molecule has 18 heavy (non-hydrogen) atoms. The number of carbonyl (C=O) groups is 1. The van der Waals surface area contributed by atoms with Gasteiger partial charge in [-0.3, -0.25) is 4.79 Å². The average Bonchev–Trinajstić information content (AvgIpc) is 2.82. The third kappa shape index (κ3) is 2.15. The van der Waals surface area contributed by atoms with Crippen LogP contribution in [-0.4, -0.2) is 17.1 Å². The van der Waals surface area contributed by atoms with Crippen molar-refractivity contribution < 1.29 is 9.53 Å². The number of benzene rings is 1. The molecule has 0 bridgehead atoms. The maximum Gasteiger partial charge on any atom is 0.327 e. The van der Waals surface area contributed by atoms with Crippen LogP contribution in [0.25, 0.3) is 0 Å². The molecule has 0 heterocycles. The van der Waals surface area contributed by atoms with Gasteiger partial charge in [0.2, 0.25) is 0 Å². The Balaban J connectivity index is 2.17. The van der Waals surface area contributed by atoms with E-state index in [1.807, 2.05) is 58.0 Å². The Kier molecular flexibility index (Phi) is 2.98. The molecule has 98 valence electrons. The molecule has 3 atom stereocenters. The number of carbonyl (C=O) groups excluding carboxylic acids is 1. The van der Waals surface area contributed by atoms with Crippen LogP contribution in [0.1, 0.15) is 39.2 Å². The van der Waals surface area contributed by atoms with Gasteiger partial charge in [0.1, 0.15) is 11.1 Å². The van der Waals surface area contributed by atoms with Crippen molar-refractivity contribution in [2.75, 3.05) is 0 Å². The molecular formula is C15H21NO2. The Labute approximate surface area is 108 Å². The molecule has 1 aliphatic carbocycles. The van der Waals surface area contributed by atoms with Crippen molar-refractivity contribution in [2.45, 2.75) is 44.8 Å². The molecule has 0 radical (unpaired) electrons. The van der Waals surface area contributed by atoms with E-state index >= 15 is 0 Å². The summed E-state index contributed by atoms with van der Waals surface area (Å²) in [5.74, 6) is -0.111. The summed E-state index contributed by atoms with van der Waals surface area (Å²) in [6.07, 6.45) is 0. The first-order chi connectivity index (χ1) is 8.27. The number of hydrogen-bond donors (Lipinski definition) is 1. The van der Waals surface area contributed by atoms with E-state index in [4.69, 9.17) is 10.5 Å². The Morgan fingerprint density at radius 1 is 1.28 bits per heavy atom. The Morgan fingerprint density at radius 3 is 2.33 bits per heavy atom. The zero-order valence-corrected chi connectivity index (χ0v) is 11.4. The smallest absolute Gasteiger partial charge is 0.327 e. The molecule has 1 saturated carbocycles. The van der Waals surface area contributed by atoms with E-state index in [0.717, 1.165) is 5.56 Å². The molecule has 2 rings (SSSR count). The highest BCUT2D eigenvalue weighted by molar-refractivity contribution is 5.88. The lowest BCUT2D eigenvalue weighted by Crippen LogP contribution is -2.42. The van der Waals surface area contributed by atoms with E-state index < -0.39 is 11.1 Å². The first-order valence-electron chi connectivity index (χ1n) is 6.34. The predicted octanol–water partition coefficient (Wildman–Crippen LogP) is 2.46. The minimum atomic E-state index is -0.866. The van der Waals surface area contributed by atoms with Gasteiger partial charge in [0.05, 0.1) is 0 Å². The maximum atomic E-state index is 12.2. The summed E-state index contributed by atoms with van der Waals surface area (Å²) in [6.45, 7) is 7.58. The first-order valence-corrected chi connectivity index (χ1v) is 6.34. The van der Waals surface area contributed by atoms with Crippen LogP contribution < -0.4 is 5.73 Å². The molecule has 0 saturated heterocycles. The summed E-state index contributed by atoms with van der Waals surface area (Å²) in [7, 11) is 0. The van der Waals surface area contributed by atoms with E-state index in [-0.39, 0.29) is 17.8 Å². The summed E-state index contributed by atoms with van der Waals surface area (Å²) in [5, 5.41) is 0. The van der Waals surface area contributed by atoms with Gasteiger partial charge < -0.3 is 10.5 Å². The van der Waals surface area contributed by atoms with Crippen molar-refractivity contribution in [3.63, 3.8) is 0 Å². The largest absolute Gasteiger partial charge is 0.459 e. The van der Waals surface area contributed by atoms with Crippen LogP contribution in [0, 0.1) is 5.92 Å². The average molecular weight is 247 g/mol. The zero-order chi connectivity index (χ0) is 13.6. The molecule has 0 aliphatic heterocycles. The molecule has 3 nitrogen and oxygen atoms in total. The maximum absolute atomic E-state index is 12.2. The number of esters is 1. The number of hydrogen-bond acceptors (Lipinski definition) is 3. The van der Waals surface area contributed by atoms with Gasteiger partial charge in [0.15, 0.2) is 0 Å². The van der Waals surface area contributed by atoms with Gasteiger partial charge in [-0.05, 0) is 32.3 Å². The fraction of sp³-hybridized carbons (Fsp3) is 0.533. The summed E-state index contributed by atoms with van der Waals surface area (Å²) < 4.78 is 5.42. The van der Waals surface area contributed by atoms with Crippen molar-refractivity contribution in [3.8, 4) is 0 Å². The van der Waals surface area contributed by atoms with Crippen LogP contribution >= 0.6 is 0 Å². The van der Waals surface area contributed by atoms with Crippen molar-refractivity contribution in [2.24, 2.45) is 11.7 Å². The molecule has 0 spiro atoms. The molecule has 0 aromatic heterocycles. The highest BCUT2D eigenvalue weighted by Crippen LogP contribution is 2.56. The highest BCUT2D eigenvalue weighted by atomic mass is 16.6. The lowest BCUT2D eigenvalue weighted by Gasteiger charge is -2.22. The van der Waals surface area contributed by atoms with Crippen LogP contribution in [0.3, 0.4) is 0 Å². The Bertz CT molecular complexity index is 449. The fourth-order valence-electron chi connectivity index (χ4n) is 2.49. The number of rotatable bonds is 2. The SMILES string of the molecule is CC1[C@H](c2ccccc2)[C@]1(N)C(=O)OC(C)(C)C. The second-order valence-corrected chi connectivity index (χ2v) is 6.11. The lowest BCUT2D eigenvalue weighted by molar-refractivity contribution is -0.158. The number of nitrogens with two attached hydrogens (primary N) is 1. The van der Waals surface area contributed by atoms with Gasteiger partial charge in [-0.2, -0.15) is 0 Å². The molecule has 1 aromatic carbocycles. The van der Waals surface area contributed by atoms with Crippen molar-refractivity contribution in [1.29, 1.82) is 0 Å². The highest BCUT2D eigenvalue weighted by Gasteiger charge is 2.66. The van der Waals surface area contributed by atoms with Crippen LogP contribution in [0.4, 0.5) is 0 Å². The lowest BCUT2D eigenvalue weighted by atomic mass is 10.1. The zero-order valence-electron chi connectivity index (χ0n) is 11.4. The third-order valence-corrected chi connectivity index (χ3v) is 3.57. The molecule has 1 fully saturated rings. The van der Waals surface area contributed by atoms with Gasteiger partial charge >= 0.3 is 5.97 Å². The molecular weight excluding hydrogens is 226 g/mol. The molecule has 1 aromatic rings. The molecule has 3 heteroatoms. The summed E-state index contributed by atoms with van der Waals surface area (Å²) in [6, 6.07) is 9.92. The minimum absolute atomic E-state index is 0.0635. The van der Waals surface area contributed by atoms with Crippen molar-refractivity contribution in [1.82, 2.24) is 0 Å². The fourth-order valence-corrected chi connectivity index (χ4v) is 2.49. The molecule has 0 amide bonds. The van der Waals surface area contributed by atoms with Gasteiger partial charge in [0.25, 0.3) is 0 Å². The quantitative estimate of drug-likeness (QED) is 0.817. The van der Waals surface area contributed by atoms with Crippen LogP contribution in [0.5, 0.6) is 0 Å². The van der Waals surface area contributed by atoms with E-state index in [9.17, 15) is 4.79 Å². The second kappa shape index (κ2) is 4.09. The van der Waals surface area contributed by atoms with Gasteiger partial charge in [-0.15, -0.1) is 0 Å². The van der Waals surface area contributed by atoms with Crippen molar-refractivity contribution in [3.05, 3.63) is 35.9 Å². The van der Waals surface area contributed by atoms with Crippen LogP contribution in [0.2, 0.25) is 0 Å². The standard InChI is InChI=1S/C15H21NO2/c1-10-12(11-8-6-5-7-9-11)15(10,16)13(17)18-14(2,3)4/h5-10,12H,16H2,1-4H3/t10?,12-,15+/m1/s1. The third-order valence-electron chi connectivity index (χ3n) is 3.57. The van der Waals surface area contributed by atoms with Gasteiger partial charge in [-0.25, -0.2) is 0 Å². The topological polar surface area (TPSA) is 52.3 Å². The first kappa shape index (κ1) is 13.1. The van der Waals surface area contributed by atoms with Gasteiger partial charge in [-0.1, -0.05) is 37.3 Å². The van der Waals surface area contributed by atoms with E-state index in [1.165, 1.54) is 0 Å². The van der Waals surface area contributed by atoms with E-state index in [1.54, 1.807) is 0 Å². The Hall–Kier alpha value is -1.35. The normalized spacial score (nSPS) is 30.9. The monoisotopic (exact) mass is 247 g/mol. The second-order valence-electron chi connectivity index (χ2n) is 6.11. The van der Waals surface area contributed by atoms with Crippen molar-refractivity contribution >= 4 is 5.97 Å². The molecule has 1 aliphatic rings. The van der Waals surface area contributed by atoms with Crippen LogP contribution in [-0.2, 0) is 9.53 Å². The molecule has 2 N–H and O–H groups in total. The summed E-state index contributed by atoms with van der Waals surface area (Å²) in [4.78, 5) is 12.2. The number of ether oxygens (including phenoxy) is 1. The van der Waals surface area contributed by atoms with Gasteiger partial charge in [0, 0.05) is 5.92 Å². The molecule has 1 unspecified atom stereocenters. The van der Waals surface area contributed by atoms with E-state index in [0.29, 0.717) is 0 Å². The predicted molar refractivity (Wildman–Crippen MR) is 71.1 cm³/mol. The van der Waals surface area contributed by atoms with E-state index in [2.05, 4.69) is 0 Å². The Morgan fingerprint density at radius 2 is 1.83 bits per heavy atom. The summed E-state index contributed by atoms with van der Waals surface area (Å²) >= 11 is 0. The van der Waals surface area contributed by atoms with Crippen LogP contribution in [0.15, 0.2) is 30.3 Å². The minimum Gasteiger partial charge on any atom is -0.459 e.